The summed E-state index contributed by atoms with van der Waals surface area (Å²) < 4.78 is 0. The standard InChI is InChI=1S/C20H24ClN3O3/c1-24(17-6-5-7-18(25)23-17)14-8-9-16(21)15(12-14)19(26)22-13-20(27)10-3-2-4-11-20/h5-9,12,27H,2-4,10-11,13H2,1H3,(H,22,26)(H,23,25). The fraction of sp³-hybridized carbons (Fsp3) is 0.400. The number of rotatable bonds is 5. The molecule has 1 aliphatic rings. The Bertz CT molecular complexity index is 875. The molecule has 1 aliphatic carbocycles. The molecule has 0 radical (unpaired) electrons. The Hall–Kier alpha value is -2.31. The molecular formula is C20H24ClN3O3. The molecule has 0 atom stereocenters. The van der Waals surface area contributed by atoms with Crippen LogP contribution in [0.3, 0.4) is 0 Å². The van der Waals surface area contributed by atoms with Gasteiger partial charge in [0.05, 0.1) is 16.2 Å². The zero-order chi connectivity index (χ0) is 19.4. The van der Waals surface area contributed by atoms with Crippen molar-refractivity contribution >= 4 is 29.0 Å². The van der Waals surface area contributed by atoms with E-state index in [1.54, 1.807) is 42.3 Å². The monoisotopic (exact) mass is 389 g/mol. The number of H-pyrrole nitrogens is 1. The summed E-state index contributed by atoms with van der Waals surface area (Å²) in [4.78, 5) is 28.7. The first-order valence-electron chi connectivity index (χ1n) is 9.11. The molecule has 1 heterocycles. The summed E-state index contributed by atoms with van der Waals surface area (Å²) in [6.07, 6.45) is 4.47. The highest BCUT2D eigenvalue weighted by Crippen LogP contribution is 2.29. The molecule has 3 N–H and O–H groups in total. The average Bonchev–Trinajstić information content (AvgIpc) is 2.66. The minimum Gasteiger partial charge on any atom is -0.388 e. The molecule has 1 fully saturated rings. The molecule has 1 saturated carbocycles. The molecule has 0 aliphatic heterocycles. The molecule has 27 heavy (non-hydrogen) atoms. The van der Waals surface area contributed by atoms with E-state index in [-0.39, 0.29) is 18.0 Å². The van der Waals surface area contributed by atoms with E-state index in [1.807, 2.05) is 0 Å². The van der Waals surface area contributed by atoms with Gasteiger partial charge in [-0.15, -0.1) is 0 Å². The molecule has 0 unspecified atom stereocenters. The molecule has 0 saturated heterocycles. The number of carbonyl (C=O) groups excluding carboxylic acids is 1. The van der Waals surface area contributed by atoms with Gasteiger partial charge >= 0.3 is 0 Å². The van der Waals surface area contributed by atoms with Gasteiger partial charge in [-0.1, -0.05) is 36.9 Å². The maximum atomic E-state index is 12.6. The SMILES string of the molecule is CN(c1ccc(Cl)c(C(=O)NCC2(O)CCCCC2)c1)c1cccc(=O)[nH]1. The van der Waals surface area contributed by atoms with Gasteiger partial charge in [0.25, 0.3) is 5.91 Å². The number of aromatic amines is 1. The van der Waals surface area contributed by atoms with Gasteiger partial charge < -0.3 is 20.3 Å². The summed E-state index contributed by atoms with van der Waals surface area (Å²) in [5.41, 5.74) is 0.00619. The third-order valence-electron chi connectivity index (χ3n) is 5.06. The van der Waals surface area contributed by atoms with E-state index in [9.17, 15) is 14.7 Å². The molecule has 6 nitrogen and oxygen atoms in total. The highest BCUT2D eigenvalue weighted by atomic mass is 35.5. The van der Waals surface area contributed by atoms with E-state index in [0.29, 0.717) is 34.9 Å². The lowest BCUT2D eigenvalue weighted by atomic mass is 9.85. The maximum absolute atomic E-state index is 12.6. The second-order valence-corrected chi connectivity index (χ2v) is 7.50. The predicted octanol–water partition coefficient (Wildman–Crippen LogP) is 3.22. The topological polar surface area (TPSA) is 85.4 Å². The molecule has 1 amide bonds. The number of aliphatic hydroxyl groups is 1. The number of aromatic nitrogens is 1. The number of hydrogen-bond donors (Lipinski definition) is 3. The molecule has 1 aromatic heterocycles. The van der Waals surface area contributed by atoms with Crippen LogP contribution >= 0.6 is 11.6 Å². The zero-order valence-electron chi connectivity index (χ0n) is 15.3. The molecule has 7 heteroatoms. The van der Waals surface area contributed by atoms with E-state index in [2.05, 4.69) is 10.3 Å². The number of anilines is 2. The first-order chi connectivity index (χ1) is 12.9. The van der Waals surface area contributed by atoms with Crippen molar-refractivity contribution in [1.82, 2.24) is 10.3 Å². The first kappa shape index (κ1) is 19.5. The van der Waals surface area contributed by atoms with Crippen molar-refractivity contribution in [3.05, 3.63) is 57.3 Å². The average molecular weight is 390 g/mol. The number of hydrogen-bond acceptors (Lipinski definition) is 4. The van der Waals surface area contributed by atoms with E-state index < -0.39 is 5.60 Å². The van der Waals surface area contributed by atoms with Crippen molar-refractivity contribution in [3.8, 4) is 0 Å². The molecular weight excluding hydrogens is 366 g/mol. The van der Waals surface area contributed by atoms with Gasteiger partial charge in [-0.05, 0) is 37.1 Å². The van der Waals surface area contributed by atoms with Crippen LogP contribution in [0.25, 0.3) is 0 Å². The van der Waals surface area contributed by atoms with Gasteiger partial charge in [-0.2, -0.15) is 0 Å². The number of benzene rings is 1. The van der Waals surface area contributed by atoms with Gasteiger partial charge in [0.15, 0.2) is 0 Å². The number of amides is 1. The van der Waals surface area contributed by atoms with Crippen LogP contribution in [0, 0.1) is 0 Å². The second-order valence-electron chi connectivity index (χ2n) is 7.09. The number of nitrogens with one attached hydrogen (secondary N) is 2. The number of pyridine rings is 1. The van der Waals surface area contributed by atoms with Crippen molar-refractivity contribution in [2.75, 3.05) is 18.5 Å². The van der Waals surface area contributed by atoms with Crippen molar-refractivity contribution in [1.29, 1.82) is 0 Å². The van der Waals surface area contributed by atoms with Crippen LogP contribution in [0.15, 0.2) is 41.2 Å². The largest absolute Gasteiger partial charge is 0.388 e. The Labute approximate surface area is 163 Å². The van der Waals surface area contributed by atoms with Gasteiger partial charge in [0, 0.05) is 25.3 Å². The second kappa shape index (κ2) is 8.15. The third-order valence-corrected chi connectivity index (χ3v) is 5.39. The van der Waals surface area contributed by atoms with Crippen LogP contribution < -0.4 is 15.8 Å². The lowest BCUT2D eigenvalue weighted by Gasteiger charge is -2.32. The Kier molecular flexibility index (Phi) is 5.87. The van der Waals surface area contributed by atoms with Gasteiger partial charge in [-0.25, -0.2) is 0 Å². The van der Waals surface area contributed by atoms with Crippen molar-refractivity contribution in [3.63, 3.8) is 0 Å². The van der Waals surface area contributed by atoms with Crippen LogP contribution in [0.4, 0.5) is 11.5 Å². The Balaban J connectivity index is 1.76. The first-order valence-corrected chi connectivity index (χ1v) is 9.49. The predicted molar refractivity (Wildman–Crippen MR) is 107 cm³/mol. The fourth-order valence-corrected chi connectivity index (χ4v) is 3.60. The highest BCUT2D eigenvalue weighted by Gasteiger charge is 2.29. The van der Waals surface area contributed by atoms with Crippen LogP contribution in [-0.2, 0) is 0 Å². The number of carbonyl (C=O) groups is 1. The van der Waals surface area contributed by atoms with E-state index >= 15 is 0 Å². The zero-order valence-corrected chi connectivity index (χ0v) is 16.1. The minimum atomic E-state index is -0.835. The molecule has 144 valence electrons. The van der Waals surface area contributed by atoms with Gasteiger partial charge in [0.2, 0.25) is 5.56 Å². The van der Waals surface area contributed by atoms with Crippen LogP contribution in [-0.4, -0.2) is 35.2 Å². The molecule has 0 bridgehead atoms. The van der Waals surface area contributed by atoms with Crippen molar-refractivity contribution < 1.29 is 9.90 Å². The van der Waals surface area contributed by atoms with Gasteiger partial charge in [0.1, 0.15) is 5.82 Å². The van der Waals surface area contributed by atoms with Crippen molar-refractivity contribution in [2.24, 2.45) is 0 Å². The minimum absolute atomic E-state index is 0.202. The Morgan fingerprint density at radius 1 is 1.26 bits per heavy atom. The normalized spacial score (nSPS) is 16.0. The summed E-state index contributed by atoms with van der Waals surface area (Å²) in [5.74, 6) is 0.281. The van der Waals surface area contributed by atoms with E-state index in [1.165, 1.54) is 6.07 Å². The summed E-state index contributed by atoms with van der Waals surface area (Å²) in [7, 11) is 1.79. The Morgan fingerprint density at radius 2 is 2.00 bits per heavy atom. The van der Waals surface area contributed by atoms with Gasteiger partial charge in [-0.3, -0.25) is 9.59 Å². The van der Waals surface area contributed by atoms with Crippen molar-refractivity contribution in [2.45, 2.75) is 37.7 Å². The fourth-order valence-electron chi connectivity index (χ4n) is 3.39. The molecule has 2 aromatic rings. The van der Waals surface area contributed by atoms with Crippen LogP contribution in [0.2, 0.25) is 5.02 Å². The molecule has 0 spiro atoms. The molecule has 3 rings (SSSR count). The summed E-state index contributed by atoms with van der Waals surface area (Å²) in [6, 6.07) is 9.98. The van der Waals surface area contributed by atoms with E-state index in [4.69, 9.17) is 11.6 Å². The lowest BCUT2D eigenvalue weighted by Crippen LogP contribution is -2.44. The van der Waals surface area contributed by atoms with E-state index in [0.717, 1.165) is 19.3 Å². The number of halogens is 1. The highest BCUT2D eigenvalue weighted by molar-refractivity contribution is 6.34. The third kappa shape index (κ3) is 4.70. The summed E-state index contributed by atoms with van der Waals surface area (Å²) in [6.45, 7) is 0.217. The smallest absolute Gasteiger partial charge is 0.252 e. The quantitative estimate of drug-likeness (QED) is 0.732. The molecule has 1 aromatic carbocycles. The number of nitrogens with zero attached hydrogens (tertiary/aromatic N) is 1. The van der Waals surface area contributed by atoms with Crippen LogP contribution in [0.1, 0.15) is 42.5 Å². The maximum Gasteiger partial charge on any atom is 0.252 e. The Morgan fingerprint density at radius 3 is 2.70 bits per heavy atom. The summed E-state index contributed by atoms with van der Waals surface area (Å²) >= 11 is 6.22. The summed E-state index contributed by atoms with van der Waals surface area (Å²) in [5, 5.41) is 13.7. The lowest BCUT2D eigenvalue weighted by molar-refractivity contribution is 0.00526. The van der Waals surface area contributed by atoms with Crippen LogP contribution in [0.5, 0.6) is 0 Å².